The number of hydrogen-bond acceptors (Lipinski definition) is 8. The van der Waals surface area contributed by atoms with Crippen LogP contribution in [0.15, 0.2) is 42.9 Å². The number of fused-ring (bicyclic) bond motifs is 1. The first-order valence-electron chi connectivity index (χ1n) is 13.8. The molecule has 222 valence electrons. The van der Waals surface area contributed by atoms with Crippen molar-refractivity contribution in [2.45, 2.75) is 64.7 Å². The van der Waals surface area contributed by atoms with Crippen molar-refractivity contribution in [3.8, 4) is 0 Å². The lowest BCUT2D eigenvalue weighted by Crippen LogP contribution is -2.61. The summed E-state index contributed by atoms with van der Waals surface area (Å²) in [6.07, 6.45) is 5.87. The Labute approximate surface area is 243 Å². The molecule has 2 atom stereocenters. The summed E-state index contributed by atoms with van der Waals surface area (Å²) in [5.41, 5.74) is 1.00. The maximum absolute atomic E-state index is 14.0. The van der Waals surface area contributed by atoms with Crippen LogP contribution < -0.4 is 21.3 Å². The molecule has 1 saturated carbocycles. The molecule has 0 saturated heterocycles. The number of Topliss-reactive ketones (excluding diaryl/α,β-unsaturated/α-hetero) is 1. The Morgan fingerprint density at radius 3 is 2.33 bits per heavy atom. The van der Waals surface area contributed by atoms with Crippen LogP contribution in [-0.2, 0) is 36.9 Å². The van der Waals surface area contributed by atoms with E-state index in [1.54, 1.807) is 20.8 Å². The lowest BCUT2D eigenvalue weighted by atomic mass is 9.84. The number of carbonyl (C=O) groups is 6. The predicted octanol–water partition coefficient (Wildman–Crippen LogP) is -0.345. The zero-order chi connectivity index (χ0) is 30.4. The van der Waals surface area contributed by atoms with E-state index in [0.29, 0.717) is 0 Å². The van der Waals surface area contributed by atoms with Gasteiger partial charge >= 0.3 is 0 Å². The van der Waals surface area contributed by atoms with Crippen molar-refractivity contribution in [1.29, 1.82) is 0 Å². The monoisotopic (exact) mass is 577 g/mol. The highest BCUT2D eigenvalue weighted by Gasteiger charge is 2.42. The first-order chi connectivity index (χ1) is 19.9. The van der Waals surface area contributed by atoms with Crippen LogP contribution in [0.4, 0.5) is 0 Å². The van der Waals surface area contributed by atoms with Crippen molar-refractivity contribution in [3.05, 3.63) is 59.7 Å². The second kappa shape index (κ2) is 12.9. The Morgan fingerprint density at radius 1 is 0.976 bits per heavy atom. The second-order valence-corrected chi connectivity index (χ2v) is 11.5. The molecule has 2 aliphatic rings. The summed E-state index contributed by atoms with van der Waals surface area (Å²) in [5.74, 6) is -3.80. The van der Waals surface area contributed by atoms with E-state index in [1.165, 1.54) is 23.5 Å². The van der Waals surface area contributed by atoms with Gasteiger partial charge in [-0.3, -0.25) is 33.8 Å². The van der Waals surface area contributed by atoms with Gasteiger partial charge in [-0.15, -0.1) is 0 Å². The van der Waals surface area contributed by atoms with Crippen molar-refractivity contribution in [1.82, 2.24) is 36.1 Å². The quantitative estimate of drug-likeness (QED) is 0.277. The topological polar surface area (TPSA) is 180 Å². The van der Waals surface area contributed by atoms with Crippen molar-refractivity contribution in [2.24, 2.45) is 5.41 Å². The molecule has 13 heteroatoms. The minimum absolute atomic E-state index is 0.00462. The fourth-order valence-electron chi connectivity index (χ4n) is 4.54. The third-order valence-electron chi connectivity index (χ3n) is 7.05. The smallest absolute Gasteiger partial charge is 0.289 e. The maximum Gasteiger partial charge on any atom is 0.289 e. The van der Waals surface area contributed by atoms with E-state index in [-0.39, 0.29) is 24.7 Å². The molecule has 5 amide bonds. The summed E-state index contributed by atoms with van der Waals surface area (Å²) in [5, 5.41) is 10.3. The first kappa shape index (κ1) is 30.3. The Bertz CT molecular complexity index is 1370. The fraction of sp³-hybridized carbons (Fsp3) is 0.448. The van der Waals surface area contributed by atoms with Gasteiger partial charge in [0.05, 0.1) is 19.3 Å². The molecule has 1 fully saturated rings. The number of nitrogens with zero attached hydrogens (tertiary/aromatic N) is 3. The molecular weight excluding hydrogens is 542 g/mol. The van der Waals surface area contributed by atoms with E-state index in [4.69, 9.17) is 0 Å². The molecule has 4 rings (SSSR count). The summed E-state index contributed by atoms with van der Waals surface area (Å²) in [6.45, 7) is 4.53. The fourth-order valence-corrected chi connectivity index (χ4v) is 4.54. The molecule has 2 unspecified atom stereocenters. The summed E-state index contributed by atoms with van der Waals surface area (Å²) < 4.78 is 0. The average molecular weight is 578 g/mol. The van der Waals surface area contributed by atoms with Gasteiger partial charge in [0.1, 0.15) is 17.8 Å². The number of nitrogens with one attached hydrogen (secondary N) is 4. The molecule has 1 aromatic carbocycles. The summed E-state index contributed by atoms with van der Waals surface area (Å²) >= 11 is 0. The van der Waals surface area contributed by atoms with E-state index < -0.39 is 65.9 Å². The number of rotatable bonds is 10. The Hall–Kier alpha value is -4.68. The zero-order valence-electron chi connectivity index (χ0n) is 23.8. The second-order valence-electron chi connectivity index (χ2n) is 11.5. The molecule has 0 spiro atoms. The van der Waals surface area contributed by atoms with Crippen molar-refractivity contribution < 1.29 is 28.8 Å². The third kappa shape index (κ3) is 7.74. The van der Waals surface area contributed by atoms with Gasteiger partial charge in [-0.05, 0) is 29.4 Å². The standard InChI is InChI=1S/C29H35N7O6/c1-29(2,3)24(35-23(38)15-33-25(39)20-13-30-10-11-31-20)28(42)36-16-18-7-5-4-6-17(18)12-21(36)26(40)32-14-22(37)27(41)34-19-8-9-19/h4-7,10-11,13,19,21,24H,8-9,12,14-16H2,1-3H3,(H,32,40)(H,33,39)(H,34,41)(H,35,38). The van der Waals surface area contributed by atoms with Gasteiger partial charge in [-0.1, -0.05) is 45.0 Å². The van der Waals surface area contributed by atoms with E-state index >= 15 is 0 Å². The molecule has 1 aliphatic heterocycles. The molecule has 2 aromatic rings. The SMILES string of the molecule is CC(C)(C)C(NC(=O)CNC(=O)c1cnccn1)C(=O)N1Cc2ccccc2CC1C(=O)NCC(=O)C(=O)NC1CC1. The van der Waals surface area contributed by atoms with Crippen LogP contribution in [0.2, 0.25) is 0 Å². The first-order valence-corrected chi connectivity index (χ1v) is 13.8. The highest BCUT2D eigenvalue weighted by molar-refractivity contribution is 6.37. The largest absolute Gasteiger partial charge is 0.347 e. The highest BCUT2D eigenvalue weighted by Crippen LogP contribution is 2.28. The molecule has 0 bridgehead atoms. The van der Waals surface area contributed by atoms with E-state index in [1.807, 2.05) is 24.3 Å². The summed E-state index contributed by atoms with van der Waals surface area (Å²) in [4.78, 5) is 86.0. The van der Waals surface area contributed by atoms with Crippen LogP contribution in [0.5, 0.6) is 0 Å². The lowest BCUT2D eigenvalue weighted by molar-refractivity contribution is -0.147. The molecule has 1 aromatic heterocycles. The number of benzene rings is 1. The average Bonchev–Trinajstić information content (AvgIpc) is 3.80. The van der Waals surface area contributed by atoms with Crippen LogP contribution in [0.3, 0.4) is 0 Å². The van der Waals surface area contributed by atoms with E-state index in [2.05, 4.69) is 31.2 Å². The van der Waals surface area contributed by atoms with Gasteiger partial charge < -0.3 is 26.2 Å². The molecule has 13 nitrogen and oxygen atoms in total. The number of ketones is 1. The van der Waals surface area contributed by atoms with Gasteiger partial charge in [0.25, 0.3) is 11.8 Å². The van der Waals surface area contributed by atoms with Crippen molar-refractivity contribution in [3.63, 3.8) is 0 Å². The molecule has 4 N–H and O–H groups in total. The van der Waals surface area contributed by atoms with Crippen LogP contribution in [-0.4, -0.2) is 81.4 Å². The molecule has 0 radical (unpaired) electrons. The zero-order valence-corrected chi connectivity index (χ0v) is 23.8. The minimum atomic E-state index is -1.05. The Kier molecular flexibility index (Phi) is 9.28. The van der Waals surface area contributed by atoms with Gasteiger partial charge in [0, 0.05) is 31.4 Å². The summed E-state index contributed by atoms with van der Waals surface area (Å²) in [7, 11) is 0. The number of carbonyl (C=O) groups excluding carboxylic acids is 6. The van der Waals surface area contributed by atoms with Crippen LogP contribution >= 0.6 is 0 Å². The molecular formula is C29H35N7O6. The normalized spacial score (nSPS) is 16.8. The molecule has 42 heavy (non-hydrogen) atoms. The van der Waals surface area contributed by atoms with Gasteiger partial charge in [0.15, 0.2) is 0 Å². The maximum atomic E-state index is 14.0. The van der Waals surface area contributed by atoms with Crippen LogP contribution in [0.1, 0.15) is 55.2 Å². The van der Waals surface area contributed by atoms with E-state index in [9.17, 15) is 28.8 Å². The minimum Gasteiger partial charge on any atom is -0.347 e. The van der Waals surface area contributed by atoms with Gasteiger partial charge in [0.2, 0.25) is 23.5 Å². The number of hydrogen-bond donors (Lipinski definition) is 4. The van der Waals surface area contributed by atoms with Crippen molar-refractivity contribution in [2.75, 3.05) is 13.1 Å². The Morgan fingerprint density at radius 2 is 1.69 bits per heavy atom. The molecule has 1 aliphatic carbocycles. The van der Waals surface area contributed by atoms with Crippen LogP contribution in [0, 0.1) is 5.41 Å². The van der Waals surface area contributed by atoms with Crippen LogP contribution in [0.25, 0.3) is 0 Å². The third-order valence-corrected chi connectivity index (χ3v) is 7.05. The molecule has 2 heterocycles. The highest BCUT2D eigenvalue weighted by atomic mass is 16.2. The number of amides is 5. The van der Waals surface area contributed by atoms with Gasteiger partial charge in [-0.25, -0.2) is 4.98 Å². The number of aromatic nitrogens is 2. The Balaban J connectivity index is 1.47. The summed E-state index contributed by atoms with van der Waals surface area (Å²) in [6, 6.07) is 5.38. The predicted molar refractivity (Wildman–Crippen MR) is 149 cm³/mol. The lowest BCUT2D eigenvalue weighted by Gasteiger charge is -2.41. The van der Waals surface area contributed by atoms with Gasteiger partial charge in [-0.2, -0.15) is 0 Å². The van der Waals surface area contributed by atoms with E-state index in [0.717, 1.165) is 24.0 Å². The van der Waals surface area contributed by atoms with Crippen molar-refractivity contribution >= 4 is 35.3 Å².